The first-order valence-corrected chi connectivity index (χ1v) is 9.33. The molecule has 150 valence electrons. The van der Waals surface area contributed by atoms with E-state index in [-0.39, 0.29) is 30.1 Å². The topological polar surface area (TPSA) is 78.9 Å². The van der Waals surface area contributed by atoms with Gasteiger partial charge in [-0.3, -0.25) is 4.99 Å². The van der Waals surface area contributed by atoms with Crippen molar-refractivity contribution in [2.75, 3.05) is 26.7 Å². The van der Waals surface area contributed by atoms with Gasteiger partial charge in [0.1, 0.15) is 5.60 Å². The standard InChI is InChI=1S/C17H31N5O2S.HI/c1-8-22(16(23)24-17(4,5)6)10-9-19-15(18-7)20-11-14-12(2)21-13(3)25-14;/h8-11H2,1-7H3,(H2,18,19,20);1H. The van der Waals surface area contributed by atoms with Crippen molar-refractivity contribution in [3.05, 3.63) is 15.6 Å². The number of carbonyl (C=O) groups is 1. The molecule has 0 aromatic carbocycles. The summed E-state index contributed by atoms with van der Waals surface area (Å²) >= 11 is 1.68. The van der Waals surface area contributed by atoms with E-state index in [1.807, 2.05) is 41.5 Å². The highest BCUT2D eigenvalue weighted by atomic mass is 127. The van der Waals surface area contributed by atoms with Gasteiger partial charge in [0.15, 0.2) is 5.96 Å². The minimum absolute atomic E-state index is 0. The molecule has 2 N–H and O–H groups in total. The van der Waals surface area contributed by atoms with Crippen LogP contribution in [0.3, 0.4) is 0 Å². The van der Waals surface area contributed by atoms with Crippen molar-refractivity contribution in [2.24, 2.45) is 4.99 Å². The summed E-state index contributed by atoms with van der Waals surface area (Å²) in [6.07, 6.45) is -0.296. The van der Waals surface area contributed by atoms with Gasteiger partial charge in [0.05, 0.1) is 17.2 Å². The van der Waals surface area contributed by atoms with Crippen LogP contribution in [0.1, 0.15) is 43.3 Å². The number of thiazole rings is 1. The number of nitrogens with zero attached hydrogens (tertiary/aromatic N) is 3. The van der Waals surface area contributed by atoms with Crippen LogP contribution >= 0.6 is 35.3 Å². The molecule has 1 heterocycles. The van der Waals surface area contributed by atoms with E-state index in [4.69, 9.17) is 4.74 Å². The zero-order chi connectivity index (χ0) is 19.0. The number of ether oxygens (including phenoxy) is 1. The van der Waals surface area contributed by atoms with Gasteiger partial charge in [-0.05, 0) is 41.5 Å². The Morgan fingerprint density at radius 1 is 1.31 bits per heavy atom. The van der Waals surface area contributed by atoms with Gasteiger partial charge in [0, 0.05) is 31.6 Å². The Bertz CT molecular complexity index is 598. The highest BCUT2D eigenvalue weighted by Gasteiger charge is 2.20. The van der Waals surface area contributed by atoms with Crippen LogP contribution in [0.5, 0.6) is 0 Å². The Morgan fingerprint density at radius 3 is 2.42 bits per heavy atom. The van der Waals surface area contributed by atoms with Gasteiger partial charge in [-0.15, -0.1) is 35.3 Å². The third-order valence-electron chi connectivity index (χ3n) is 3.35. The Hall–Kier alpha value is -1.10. The van der Waals surface area contributed by atoms with E-state index in [1.54, 1.807) is 23.3 Å². The summed E-state index contributed by atoms with van der Waals surface area (Å²) in [6.45, 7) is 14.0. The lowest BCUT2D eigenvalue weighted by Gasteiger charge is -2.26. The zero-order valence-corrected chi connectivity index (χ0v) is 19.9. The van der Waals surface area contributed by atoms with E-state index in [0.29, 0.717) is 32.1 Å². The molecular formula is C17H32IN5O2S. The fraction of sp³-hybridized carbons (Fsp3) is 0.706. The molecule has 0 aliphatic heterocycles. The second-order valence-corrected chi connectivity index (χ2v) is 7.94. The second kappa shape index (κ2) is 11.6. The summed E-state index contributed by atoms with van der Waals surface area (Å²) in [4.78, 5) is 23.6. The van der Waals surface area contributed by atoms with Crippen LogP contribution in [-0.2, 0) is 11.3 Å². The molecule has 0 aliphatic carbocycles. The second-order valence-electron chi connectivity index (χ2n) is 6.65. The third-order valence-corrected chi connectivity index (χ3v) is 4.42. The van der Waals surface area contributed by atoms with Crippen molar-refractivity contribution < 1.29 is 9.53 Å². The number of rotatable bonds is 6. The van der Waals surface area contributed by atoms with E-state index in [2.05, 4.69) is 20.6 Å². The van der Waals surface area contributed by atoms with Crippen molar-refractivity contribution in [3.63, 3.8) is 0 Å². The van der Waals surface area contributed by atoms with Gasteiger partial charge in [0.25, 0.3) is 0 Å². The van der Waals surface area contributed by atoms with Gasteiger partial charge in [-0.25, -0.2) is 9.78 Å². The van der Waals surface area contributed by atoms with Crippen molar-refractivity contribution >= 4 is 47.4 Å². The molecule has 0 bridgehead atoms. The maximum Gasteiger partial charge on any atom is 0.410 e. The molecule has 0 aliphatic rings. The molecule has 0 saturated heterocycles. The molecule has 0 atom stereocenters. The predicted octanol–water partition coefficient (Wildman–Crippen LogP) is 3.30. The minimum atomic E-state index is -0.486. The summed E-state index contributed by atoms with van der Waals surface area (Å²) in [5.74, 6) is 0.700. The number of hydrogen-bond donors (Lipinski definition) is 2. The van der Waals surface area contributed by atoms with Crippen LogP contribution in [-0.4, -0.2) is 54.2 Å². The predicted molar refractivity (Wildman–Crippen MR) is 119 cm³/mol. The van der Waals surface area contributed by atoms with Gasteiger partial charge in [0.2, 0.25) is 0 Å². The lowest BCUT2D eigenvalue weighted by atomic mass is 10.2. The third kappa shape index (κ3) is 9.02. The van der Waals surface area contributed by atoms with Crippen LogP contribution in [0.2, 0.25) is 0 Å². The van der Waals surface area contributed by atoms with Gasteiger partial charge < -0.3 is 20.3 Å². The molecule has 1 rings (SSSR count). The first kappa shape index (κ1) is 24.9. The number of amides is 1. The van der Waals surface area contributed by atoms with Crippen molar-refractivity contribution in [1.29, 1.82) is 0 Å². The number of guanidine groups is 1. The van der Waals surface area contributed by atoms with Gasteiger partial charge >= 0.3 is 6.09 Å². The maximum atomic E-state index is 12.1. The number of aliphatic imine (C=N–C) groups is 1. The summed E-state index contributed by atoms with van der Waals surface area (Å²) in [6, 6.07) is 0. The molecule has 0 unspecified atom stereocenters. The smallest absolute Gasteiger partial charge is 0.410 e. The molecule has 9 heteroatoms. The van der Waals surface area contributed by atoms with Crippen molar-refractivity contribution in [1.82, 2.24) is 20.5 Å². The zero-order valence-electron chi connectivity index (χ0n) is 16.8. The molecular weight excluding hydrogens is 465 g/mol. The molecule has 1 amide bonds. The van der Waals surface area contributed by atoms with E-state index in [1.165, 1.54) is 4.88 Å². The molecule has 1 aromatic rings. The van der Waals surface area contributed by atoms with Gasteiger partial charge in [-0.1, -0.05) is 0 Å². The maximum absolute atomic E-state index is 12.1. The summed E-state index contributed by atoms with van der Waals surface area (Å²) in [7, 11) is 1.73. The molecule has 0 saturated carbocycles. The molecule has 1 aromatic heterocycles. The van der Waals surface area contributed by atoms with E-state index in [0.717, 1.165) is 10.7 Å². The molecule has 26 heavy (non-hydrogen) atoms. The monoisotopic (exact) mass is 497 g/mol. The number of likely N-dealkylation sites (N-methyl/N-ethyl adjacent to an activating group) is 1. The number of halogens is 1. The van der Waals surface area contributed by atoms with Crippen molar-refractivity contribution in [2.45, 2.75) is 53.7 Å². The Balaban J connectivity index is 0.00000625. The van der Waals surface area contributed by atoms with E-state index in [9.17, 15) is 4.79 Å². The van der Waals surface area contributed by atoms with Crippen LogP contribution in [0.15, 0.2) is 4.99 Å². The van der Waals surface area contributed by atoms with Gasteiger partial charge in [-0.2, -0.15) is 0 Å². The quantitative estimate of drug-likeness (QED) is 0.358. The van der Waals surface area contributed by atoms with Crippen LogP contribution in [0.25, 0.3) is 0 Å². The molecule has 7 nitrogen and oxygen atoms in total. The first-order valence-electron chi connectivity index (χ1n) is 8.51. The summed E-state index contributed by atoms with van der Waals surface area (Å²) in [5.41, 5.74) is 0.563. The van der Waals surface area contributed by atoms with E-state index < -0.39 is 5.60 Å². The van der Waals surface area contributed by atoms with E-state index >= 15 is 0 Å². The first-order chi connectivity index (χ1) is 11.7. The average Bonchev–Trinajstić information content (AvgIpc) is 2.82. The minimum Gasteiger partial charge on any atom is -0.444 e. The van der Waals surface area contributed by atoms with Crippen LogP contribution < -0.4 is 10.6 Å². The number of aryl methyl sites for hydroxylation is 2. The Labute approximate surface area is 178 Å². The number of nitrogens with one attached hydrogen (secondary N) is 2. The fourth-order valence-corrected chi connectivity index (χ4v) is 3.01. The molecule has 0 spiro atoms. The fourth-order valence-electron chi connectivity index (χ4n) is 2.14. The normalized spacial score (nSPS) is 11.6. The lowest BCUT2D eigenvalue weighted by Crippen LogP contribution is -2.44. The van der Waals surface area contributed by atoms with Crippen LogP contribution in [0, 0.1) is 13.8 Å². The number of aromatic nitrogens is 1. The summed E-state index contributed by atoms with van der Waals surface area (Å²) < 4.78 is 5.40. The van der Waals surface area contributed by atoms with Crippen molar-refractivity contribution in [3.8, 4) is 0 Å². The Morgan fingerprint density at radius 2 is 1.96 bits per heavy atom. The molecule has 0 fully saturated rings. The lowest BCUT2D eigenvalue weighted by molar-refractivity contribution is 0.0264. The number of carbonyl (C=O) groups excluding carboxylic acids is 1. The highest BCUT2D eigenvalue weighted by Crippen LogP contribution is 2.16. The average molecular weight is 497 g/mol. The number of hydrogen-bond acceptors (Lipinski definition) is 5. The largest absolute Gasteiger partial charge is 0.444 e. The SMILES string of the molecule is CCN(CCNC(=NC)NCc1sc(C)nc1C)C(=O)OC(C)(C)C.I. The highest BCUT2D eigenvalue weighted by molar-refractivity contribution is 14.0. The van der Waals surface area contributed by atoms with Crippen LogP contribution in [0.4, 0.5) is 4.79 Å². The summed E-state index contributed by atoms with van der Waals surface area (Å²) in [5, 5.41) is 7.56. The molecule has 0 radical (unpaired) electrons. The Kier molecular flexibility index (Phi) is 11.1.